The molecule has 1 aliphatic heterocycles. The van der Waals surface area contributed by atoms with Crippen molar-refractivity contribution in [1.82, 2.24) is 5.32 Å². The lowest BCUT2D eigenvalue weighted by atomic mass is 10.1. The van der Waals surface area contributed by atoms with Crippen LogP contribution >= 0.6 is 0 Å². The summed E-state index contributed by atoms with van der Waals surface area (Å²) in [7, 11) is 1.42. The molecule has 1 N–H and O–H groups in total. The van der Waals surface area contributed by atoms with Gasteiger partial charge in [0.25, 0.3) is 0 Å². The molecule has 1 aliphatic rings. The van der Waals surface area contributed by atoms with Gasteiger partial charge in [-0.3, -0.25) is 4.79 Å². The summed E-state index contributed by atoms with van der Waals surface area (Å²) in [6, 6.07) is 0.183. The van der Waals surface area contributed by atoms with Crippen LogP contribution in [0, 0.1) is 5.92 Å². The van der Waals surface area contributed by atoms with E-state index in [-0.39, 0.29) is 12.0 Å². The number of ether oxygens (including phenoxy) is 2. The van der Waals surface area contributed by atoms with Gasteiger partial charge in [0.15, 0.2) is 0 Å². The second-order valence-electron chi connectivity index (χ2n) is 3.82. The molecule has 0 aromatic carbocycles. The van der Waals surface area contributed by atoms with Crippen LogP contribution in [0.15, 0.2) is 0 Å². The molecule has 82 valence electrons. The van der Waals surface area contributed by atoms with Crippen LogP contribution in [0.4, 0.5) is 0 Å². The van der Waals surface area contributed by atoms with Crippen molar-refractivity contribution >= 4 is 5.97 Å². The van der Waals surface area contributed by atoms with E-state index in [1.54, 1.807) is 0 Å². The number of carbonyl (C=O) groups is 1. The lowest BCUT2D eigenvalue weighted by Gasteiger charge is -2.15. The fourth-order valence-electron chi connectivity index (χ4n) is 1.52. The summed E-state index contributed by atoms with van der Waals surface area (Å²) in [5.41, 5.74) is 0. The zero-order valence-corrected chi connectivity index (χ0v) is 8.91. The number of methoxy groups -OCH3 is 1. The Balaban J connectivity index is 2.07. The monoisotopic (exact) mass is 201 g/mol. The molecule has 1 rings (SSSR count). The predicted octanol–water partition coefficient (Wildman–Crippen LogP) is 0.564. The summed E-state index contributed by atoms with van der Waals surface area (Å²) in [6.45, 7) is 4.64. The summed E-state index contributed by atoms with van der Waals surface area (Å²) in [6.07, 6.45) is 1.56. The third kappa shape index (κ3) is 4.07. The lowest BCUT2D eigenvalue weighted by molar-refractivity contribution is -0.141. The van der Waals surface area contributed by atoms with Crippen molar-refractivity contribution in [3.8, 4) is 0 Å². The molecule has 1 heterocycles. The predicted molar refractivity (Wildman–Crippen MR) is 53.0 cm³/mol. The van der Waals surface area contributed by atoms with Gasteiger partial charge in [0.1, 0.15) is 0 Å². The van der Waals surface area contributed by atoms with Gasteiger partial charge in [-0.2, -0.15) is 0 Å². The Morgan fingerprint density at radius 1 is 1.71 bits per heavy atom. The van der Waals surface area contributed by atoms with E-state index in [9.17, 15) is 4.79 Å². The highest BCUT2D eigenvalue weighted by atomic mass is 16.5. The quantitative estimate of drug-likeness (QED) is 0.660. The number of carbonyl (C=O) groups excluding carboxylic acids is 1. The number of nitrogens with one attached hydrogen (secondary N) is 1. The zero-order chi connectivity index (χ0) is 10.4. The second kappa shape index (κ2) is 5.98. The van der Waals surface area contributed by atoms with E-state index in [0.717, 1.165) is 26.2 Å². The van der Waals surface area contributed by atoms with Gasteiger partial charge in [-0.15, -0.1) is 0 Å². The highest BCUT2D eigenvalue weighted by Gasteiger charge is 2.16. The molecular weight excluding hydrogens is 182 g/mol. The summed E-state index contributed by atoms with van der Waals surface area (Å²) < 4.78 is 9.85. The summed E-state index contributed by atoms with van der Waals surface area (Å²) in [4.78, 5) is 10.9. The second-order valence-corrected chi connectivity index (χ2v) is 3.82. The average molecular weight is 201 g/mol. The van der Waals surface area contributed by atoms with Gasteiger partial charge in [-0.1, -0.05) is 0 Å². The molecule has 1 saturated heterocycles. The molecule has 2 atom stereocenters. The molecule has 0 aliphatic carbocycles. The van der Waals surface area contributed by atoms with E-state index >= 15 is 0 Å². The van der Waals surface area contributed by atoms with Crippen molar-refractivity contribution in [3.05, 3.63) is 0 Å². The first-order valence-corrected chi connectivity index (χ1v) is 5.10. The van der Waals surface area contributed by atoms with Gasteiger partial charge in [-0.05, 0) is 19.3 Å². The van der Waals surface area contributed by atoms with Crippen LogP contribution < -0.4 is 5.32 Å². The number of esters is 1. The first-order valence-electron chi connectivity index (χ1n) is 5.10. The molecule has 0 aromatic rings. The normalized spacial score (nSPS) is 23.4. The maximum Gasteiger partial charge on any atom is 0.307 e. The number of hydrogen-bond donors (Lipinski definition) is 1. The first kappa shape index (κ1) is 11.5. The Kier molecular flexibility index (Phi) is 4.90. The molecule has 4 nitrogen and oxygen atoms in total. The van der Waals surface area contributed by atoms with Gasteiger partial charge in [-0.25, -0.2) is 0 Å². The number of rotatable bonds is 5. The highest BCUT2D eigenvalue weighted by molar-refractivity contribution is 5.69. The van der Waals surface area contributed by atoms with Gasteiger partial charge in [0, 0.05) is 19.2 Å². The van der Waals surface area contributed by atoms with E-state index in [2.05, 4.69) is 10.1 Å². The molecule has 0 bridgehead atoms. The smallest absolute Gasteiger partial charge is 0.307 e. The van der Waals surface area contributed by atoms with Gasteiger partial charge in [0.2, 0.25) is 0 Å². The molecule has 2 unspecified atom stereocenters. The zero-order valence-electron chi connectivity index (χ0n) is 8.91. The highest BCUT2D eigenvalue weighted by Crippen LogP contribution is 2.11. The van der Waals surface area contributed by atoms with E-state index in [1.165, 1.54) is 7.11 Å². The topological polar surface area (TPSA) is 47.6 Å². The van der Waals surface area contributed by atoms with Crippen molar-refractivity contribution in [2.75, 3.05) is 26.9 Å². The van der Waals surface area contributed by atoms with Gasteiger partial charge >= 0.3 is 5.97 Å². The van der Waals surface area contributed by atoms with Crippen LogP contribution in [0.25, 0.3) is 0 Å². The molecule has 0 spiro atoms. The molecule has 0 amide bonds. The molecule has 4 heteroatoms. The first-order chi connectivity index (χ1) is 6.72. The maximum atomic E-state index is 10.9. The summed E-state index contributed by atoms with van der Waals surface area (Å²) in [5.74, 6) is 0.447. The Morgan fingerprint density at radius 3 is 3.07 bits per heavy atom. The number of hydrogen-bond acceptors (Lipinski definition) is 4. The SMILES string of the molecule is COC(=O)CC(C)NCC1CCOC1. The summed E-state index contributed by atoms with van der Waals surface area (Å²) in [5, 5.41) is 3.31. The minimum Gasteiger partial charge on any atom is -0.469 e. The maximum absolute atomic E-state index is 10.9. The molecule has 0 radical (unpaired) electrons. The fraction of sp³-hybridized carbons (Fsp3) is 0.900. The lowest BCUT2D eigenvalue weighted by Crippen LogP contribution is -2.33. The minimum atomic E-state index is -0.160. The van der Waals surface area contributed by atoms with Crippen molar-refractivity contribution in [2.24, 2.45) is 5.92 Å². The van der Waals surface area contributed by atoms with E-state index in [1.807, 2.05) is 6.92 Å². The van der Waals surface area contributed by atoms with E-state index in [4.69, 9.17) is 4.74 Å². The van der Waals surface area contributed by atoms with Crippen LogP contribution in [0.3, 0.4) is 0 Å². The molecule has 0 saturated carbocycles. The van der Waals surface area contributed by atoms with E-state index in [0.29, 0.717) is 12.3 Å². The Hall–Kier alpha value is -0.610. The van der Waals surface area contributed by atoms with E-state index < -0.39 is 0 Å². The van der Waals surface area contributed by atoms with Crippen molar-refractivity contribution in [1.29, 1.82) is 0 Å². The standard InChI is InChI=1S/C10H19NO3/c1-8(5-10(12)13-2)11-6-9-3-4-14-7-9/h8-9,11H,3-7H2,1-2H3. The van der Waals surface area contributed by atoms with Crippen molar-refractivity contribution in [2.45, 2.75) is 25.8 Å². The summed E-state index contributed by atoms with van der Waals surface area (Å²) >= 11 is 0. The van der Waals surface area contributed by atoms with Crippen LogP contribution in [-0.4, -0.2) is 38.9 Å². The van der Waals surface area contributed by atoms with Crippen molar-refractivity contribution in [3.63, 3.8) is 0 Å². The Labute approximate surface area is 85.0 Å². The largest absolute Gasteiger partial charge is 0.469 e. The van der Waals surface area contributed by atoms with Crippen LogP contribution in [-0.2, 0) is 14.3 Å². The Bertz CT molecular complexity index is 178. The average Bonchev–Trinajstić information content (AvgIpc) is 2.67. The van der Waals surface area contributed by atoms with Crippen LogP contribution in [0.2, 0.25) is 0 Å². The minimum absolute atomic E-state index is 0.160. The third-order valence-corrected chi connectivity index (χ3v) is 2.48. The Morgan fingerprint density at radius 2 is 2.50 bits per heavy atom. The molecule has 14 heavy (non-hydrogen) atoms. The molecule has 0 aromatic heterocycles. The third-order valence-electron chi connectivity index (χ3n) is 2.48. The fourth-order valence-corrected chi connectivity index (χ4v) is 1.52. The molecular formula is C10H19NO3. The van der Waals surface area contributed by atoms with Crippen LogP contribution in [0.1, 0.15) is 19.8 Å². The van der Waals surface area contributed by atoms with Crippen molar-refractivity contribution < 1.29 is 14.3 Å². The van der Waals surface area contributed by atoms with Gasteiger partial charge < -0.3 is 14.8 Å². The molecule has 1 fully saturated rings. The van der Waals surface area contributed by atoms with Crippen LogP contribution in [0.5, 0.6) is 0 Å². The van der Waals surface area contributed by atoms with Gasteiger partial charge in [0.05, 0.1) is 20.1 Å².